The summed E-state index contributed by atoms with van der Waals surface area (Å²) in [5.41, 5.74) is 11.5. The van der Waals surface area contributed by atoms with Gasteiger partial charge in [-0.1, -0.05) is 115 Å². The molecule has 0 aliphatic heterocycles. The van der Waals surface area contributed by atoms with Gasteiger partial charge < -0.3 is 19.9 Å². The molecule has 0 atom stereocenters. The lowest BCUT2D eigenvalue weighted by atomic mass is 9.58. The SMILES string of the molecule is [B]c1c([B])c([B])c(-c2cccc(-c3c([B])c([B])c([B])c([B])c3[B])c2Nc2ccccc2Nc2cccc(Oc3ccc4c(c3)n(-c3cc(C(C)(C)C)ccn3)c3c5ccccc5n(-c5ccccc5)c43)c2)c([B])c1[B]. The standard InChI is InChI=1S/C59H37B10N5O/c1-59(2,3)30-25-26-70-43(27-30)74-42-29-34(23-24-36(42)57-58(74)35-17-7-10-22-41(35)73(57)32-14-5-4-6-15-32)75-33-16-11-13-31(28-33)71-39-20-8-9-21-40(39)72-56-37(44-46(60)50(64)54(68)51(65)47(44)61)18-12-19-38(56)45-48(62)52(66)55(69)53(67)49(45)63/h4-29,71-72H,1-3H3. The number of pyridine rings is 1. The highest BCUT2D eigenvalue weighted by molar-refractivity contribution is 6.70. The third kappa shape index (κ3) is 8.53. The average Bonchev–Trinajstić information content (AvgIpc) is 3.96. The van der Waals surface area contributed by atoms with Gasteiger partial charge in [-0.2, -0.15) is 0 Å². The van der Waals surface area contributed by atoms with Gasteiger partial charge in [-0.15, -0.1) is 32.8 Å². The number of hydrogen-bond acceptors (Lipinski definition) is 4. The summed E-state index contributed by atoms with van der Waals surface area (Å²) in [5.74, 6) is 2.05. The fraction of sp³-hybridized carbons (Fsp3) is 0.0678. The zero-order valence-electron chi connectivity index (χ0n) is 41.5. The van der Waals surface area contributed by atoms with Crippen LogP contribution >= 0.6 is 0 Å². The summed E-state index contributed by atoms with van der Waals surface area (Å²) >= 11 is 0. The van der Waals surface area contributed by atoms with Crippen LogP contribution < -0.4 is 70.0 Å². The van der Waals surface area contributed by atoms with Crippen LogP contribution in [0.3, 0.4) is 0 Å². The molecule has 3 heterocycles. The van der Waals surface area contributed by atoms with Crippen LogP contribution in [0, 0.1) is 0 Å². The molecule has 20 radical (unpaired) electrons. The van der Waals surface area contributed by atoms with Gasteiger partial charge in [0.2, 0.25) is 0 Å². The van der Waals surface area contributed by atoms with E-state index >= 15 is 0 Å². The van der Waals surface area contributed by atoms with E-state index in [0.717, 1.165) is 50.0 Å². The summed E-state index contributed by atoms with van der Waals surface area (Å²) < 4.78 is 11.4. The van der Waals surface area contributed by atoms with E-state index < -0.39 is 0 Å². The van der Waals surface area contributed by atoms with Crippen LogP contribution in [0.4, 0.5) is 22.7 Å². The Balaban J connectivity index is 1.00. The summed E-state index contributed by atoms with van der Waals surface area (Å²) in [6.45, 7) is 6.64. The largest absolute Gasteiger partial charge is 0.457 e. The monoisotopic (exact) mass is 941 g/mol. The summed E-state index contributed by atoms with van der Waals surface area (Å²) in [7, 11) is 65.0. The highest BCUT2D eigenvalue weighted by atomic mass is 16.5. The number of anilines is 4. The van der Waals surface area contributed by atoms with E-state index in [4.69, 9.17) is 88.2 Å². The molecule has 0 saturated carbocycles. The van der Waals surface area contributed by atoms with Gasteiger partial charge in [-0.3, -0.25) is 4.57 Å². The predicted octanol–water partition coefficient (Wildman–Crippen LogP) is 3.97. The zero-order valence-corrected chi connectivity index (χ0v) is 41.5. The summed E-state index contributed by atoms with van der Waals surface area (Å²) in [6, 6.07) is 50.3. The van der Waals surface area contributed by atoms with Crippen LogP contribution in [0.25, 0.3) is 66.6 Å². The lowest BCUT2D eigenvalue weighted by molar-refractivity contribution is 0.483. The van der Waals surface area contributed by atoms with Crippen LogP contribution in [0.15, 0.2) is 158 Å². The number of hydrogen-bond donors (Lipinski definition) is 2. The van der Waals surface area contributed by atoms with Crippen molar-refractivity contribution in [2.45, 2.75) is 26.2 Å². The summed E-state index contributed by atoms with van der Waals surface area (Å²) in [4.78, 5) is 5.01. The molecule has 0 bridgehead atoms. The first-order chi connectivity index (χ1) is 36.0. The zero-order chi connectivity index (χ0) is 52.6. The minimum Gasteiger partial charge on any atom is -0.457 e. The molecule has 0 fully saturated rings. The van der Waals surface area contributed by atoms with Crippen molar-refractivity contribution in [1.29, 1.82) is 0 Å². The van der Waals surface area contributed by atoms with E-state index in [1.165, 1.54) is 5.56 Å². The molecule has 2 N–H and O–H groups in total. The first-order valence-corrected chi connectivity index (χ1v) is 24.2. The third-order valence-electron chi connectivity index (χ3n) is 13.9. The van der Waals surface area contributed by atoms with Crippen molar-refractivity contribution in [3.63, 3.8) is 0 Å². The van der Waals surface area contributed by atoms with Crippen molar-refractivity contribution < 1.29 is 4.74 Å². The Kier molecular flexibility index (Phi) is 12.7. The molecule has 3 aromatic heterocycles. The second-order valence-electron chi connectivity index (χ2n) is 19.6. The maximum Gasteiger partial charge on any atom is 0.137 e. The minimum atomic E-state index is -0.106. The molecule has 0 unspecified atom stereocenters. The van der Waals surface area contributed by atoms with Gasteiger partial charge in [-0.05, 0) is 88.8 Å². The van der Waals surface area contributed by atoms with Crippen LogP contribution in [-0.2, 0) is 5.41 Å². The number of para-hydroxylation sites is 5. The Morgan fingerprint density at radius 1 is 0.440 bits per heavy atom. The maximum atomic E-state index is 6.76. The highest BCUT2D eigenvalue weighted by Crippen LogP contribution is 2.43. The molecule has 0 saturated heterocycles. The molecular weight excluding hydrogens is 903 g/mol. The molecule has 11 rings (SSSR count). The first-order valence-electron chi connectivity index (χ1n) is 24.2. The van der Waals surface area contributed by atoms with Crippen molar-refractivity contribution in [3.8, 4) is 45.3 Å². The first kappa shape index (κ1) is 49.5. The summed E-state index contributed by atoms with van der Waals surface area (Å²) in [5, 5.41) is 9.38. The summed E-state index contributed by atoms with van der Waals surface area (Å²) in [6.07, 6.45) is 1.89. The maximum absolute atomic E-state index is 6.76. The molecule has 0 spiro atoms. The molecule has 16 heteroatoms. The van der Waals surface area contributed by atoms with Crippen LogP contribution in [0.2, 0.25) is 0 Å². The second-order valence-corrected chi connectivity index (χ2v) is 19.6. The average molecular weight is 940 g/mol. The van der Waals surface area contributed by atoms with Crippen molar-refractivity contribution in [2.24, 2.45) is 0 Å². The number of nitrogens with one attached hydrogen (secondary N) is 2. The van der Waals surface area contributed by atoms with Gasteiger partial charge in [0.1, 0.15) is 95.8 Å². The van der Waals surface area contributed by atoms with E-state index in [9.17, 15) is 0 Å². The van der Waals surface area contributed by atoms with Crippen LogP contribution in [0.1, 0.15) is 26.3 Å². The van der Waals surface area contributed by atoms with Crippen LogP contribution in [0.5, 0.6) is 11.5 Å². The predicted molar refractivity (Wildman–Crippen MR) is 325 cm³/mol. The highest BCUT2D eigenvalue weighted by Gasteiger charge is 2.26. The van der Waals surface area contributed by atoms with Gasteiger partial charge in [0.25, 0.3) is 0 Å². The molecule has 0 aliphatic rings. The topological polar surface area (TPSA) is 56.0 Å². The molecule has 8 aromatic carbocycles. The number of ether oxygens (including phenoxy) is 1. The molecular formula is C59H37B10N5O. The van der Waals surface area contributed by atoms with Gasteiger partial charge >= 0.3 is 0 Å². The Hall–Kier alpha value is -7.70. The number of fused-ring (bicyclic) bond motifs is 5. The Morgan fingerprint density at radius 2 is 0.960 bits per heavy atom. The number of benzene rings is 8. The number of nitrogens with zero attached hydrogens (tertiary/aromatic N) is 3. The molecule has 0 aliphatic carbocycles. The van der Waals surface area contributed by atoms with E-state index in [1.54, 1.807) is 6.07 Å². The van der Waals surface area contributed by atoms with Crippen molar-refractivity contribution in [1.82, 2.24) is 14.1 Å². The normalized spacial score (nSPS) is 11.7. The Morgan fingerprint density at radius 3 is 1.59 bits per heavy atom. The Bertz CT molecular complexity index is 3960. The smallest absolute Gasteiger partial charge is 0.137 e. The minimum absolute atomic E-state index is 0.0757. The fourth-order valence-corrected chi connectivity index (χ4v) is 10.0. The van der Waals surface area contributed by atoms with Crippen LogP contribution in [-0.4, -0.2) is 92.6 Å². The van der Waals surface area contributed by atoms with E-state index in [0.29, 0.717) is 50.8 Å². The van der Waals surface area contributed by atoms with Gasteiger partial charge in [0.05, 0.1) is 39.1 Å². The van der Waals surface area contributed by atoms with Crippen molar-refractivity contribution >= 4 is 189 Å². The lowest BCUT2D eigenvalue weighted by Crippen LogP contribution is -2.55. The molecule has 11 aromatic rings. The Labute approximate surface area is 450 Å². The molecule has 6 nitrogen and oxygen atoms in total. The van der Waals surface area contributed by atoms with Gasteiger partial charge in [0, 0.05) is 51.6 Å². The fourth-order valence-electron chi connectivity index (χ4n) is 10.0. The third-order valence-corrected chi connectivity index (χ3v) is 13.9. The van der Waals surface area contributed by atoms with Gasteiger partial charge in [-0.25, -0.2) is 4.98 Å². The lowest BCUT2D eigenvalue weighted by Gasteiger charge is -2.28. The molecule has 0 amide bonds. The van der Waals surface area contributed by atoms with E-state index in [-0.39, 0.29) is 60.0 Å². The van der Waals surface area contributed by atoms with Gasteiger partial charge in [0.15, 0.2) is 0 Å². The van der Waals surface area contributed by atoms with E-state index in [1.807, 2.05) is 79.0 Å². The van der Waals surface area contributed by atoms with Crippen molar-refractivity contribution in [2.75, 3.05) is 10.6 Å². The molecule has 334 valence electrons. The quantitative estimate of drug-likeness (QED) is 0.204. The van der Waals surface area contributed by atoms with Crippen molar-refractivity contribution in [3.05, 3.63) is 163 Å². The molecule has 75 heavy (non-hydrogen) atoms. The number of rotatable bonds is 10. The second kappa shape index (κ2) is 19.2. The number of aromatic nitrogens is 3. The van der Waals surface area contributed by atoms with E-state index in [2.05, 4.69) is 113 Å².